The number of likely N-dealkylation sites (N-methyl/N-ethyl adjacent to an activating group) is 1. The highest BCUT2D eigenvalue weighted by molar-refractivity contribution is 5.80. The molecule has 29 heavy (non-hydrogen) atoms. The monoisotopic (exact) mass is 388 g/mol. The number of furan rings is 1. The van der Waals surface area contributed by atoms with Gasteiger partial charge in [-0.05, 0) is 45.0 Å². The summed E-state index contributed by atoms with van der Waals surface area (Å²) in [6.07, 6.45) is 0.195. The Morgan fingerprint density at radius 3 is 2.52 bits per heavy atom. The molecule has 0 radical (unpaired) electrons. The van der Waals surface area contributed by atoms with Gasteiger partial charge in [0.05, 0.1) is 18.2 Å². The minimum absolute atomic E-state index is 0.00327. The van der Waals surface area contributed by atoms with Gasteiger partial charge >= 0.3 is 0 Å². The second-order valence-electron chi connectivity index (χ2n) is 7.11. The molecule has 0 bridgehead atoms. The molecular weight excluding hydrogens is 364 g/mol. The van der Waals surface area contributed by atoms with E-state index in [2.05, 4.69) is 4.98 Å². The van der Waals surface area contributed by atoms with Crippen LogP contribution in [0.2, 0.25) is 0 Å². The molecule has 1 unspecified atom stereocenters. The van der Waals surface area contributed by atoms with Crippen molar-refractivity contribution < 1.29 is 13.6 Å². The van der Waals surface area contributed by atoms with Gasteiger partial charge in [0.25, 0.3) is 0 Å². The number of rotatable bonds is 6. The third-order valence-electron chi connectivity index (χ3n) is 5.22. The van der Waals surface area contributed by atoms with Crippen molar-refractivity contribution in [2.75, 3.05) is 6.54 Å². The van der Waals surface area contributed by atoms with E-state index in [1.54, 1.807) is 0 Å². The van der Waals surface area contributed by atoms with Crippen LogP contribution in [0.5, 0.6) is 0 Å². The maximum Gasteiger partial charge on any atom is 0.229 e. The number of benzene rings is 2. The van der Waals surface area contributed by atoms with E-state index in [1.165, 1.54) is 0 Å². The van der Waals surface area contributed by atoms with Crippen LogP contribution in [-0.2, 0) is 11.2 Å². The predicted molar refractivity (Wildman–Crippen MR) is 112 cm³/mol. The number of carbonyl (C=O) groups excluding carboxylic acids is 1. The second-order valence-corrected chi connectivity index (χ2v) is 7.11. The summed E-state index contributed by atoms with van der Waals surface area (Å²) >= 11 is 0. The molecular formula is C24H24N2O3. The molecule has 0 fully saturated rings. The van der Waals surface area contributed by atoms with E-state index in [4.69, 9.17) is 8.83 Å². The van der Waals surface area contributed by atoms with E-state index < -0.39 is 0 Å². The number of aryl methyl sites for hydroxylation is 1. The van der Waals surface area contributed by atoms with Gasteiger partial charge in [-0.1, -0.05) is 36.4 Å². The lowest BCUT2D eigenvalue weighted by atomic mass is 10.1. The summed E-state index contributed by atoms with van der Waals surface area (Å²) in [5.41, 5.74) is 2.40. The molecule has 148 valence electrons. The van der Waals surface area contributed by atoms with E-state index in [0.29, 0.717) is 23.9 Å². The highest BCUT2D eigenvalue weighted by Gasteiger charge is 2.25. The second kappa shape index (κ2) is 7.95. The first-order valence-corrected chi connectivity index (χ1v) is 9.86. The van der Waals surface area contributed by atoms with Crippen molar-refractivity contribution in [2.45, 2.75) is 33.2 Å². The van der Waals surface area contributed by atoms with E-state index in [-0.39, 0.29) is 18.4 Å². The zero-order valence-corrected chi connectivity index (χ0v) is 16.9. The maximum atomic E-state index is 13.1. The minimum Gasteiger partial charge on any atom is -0.459 e. The maximum absolute atomic E-state index is 13.1. The van der Waals surface area contributed by atoms with Gasteiger partial charge in [-0.25, -0.2) is 4.98 Å². The van der Waals surface area contributed by atoms with E-state index in [9.17, 15) is 4.79 Å². The molecule has 5 nitrogen and oxygen atoms in total. The van der Waals surface area contributed by atoms with Gasteiger partial charge in [0.15, 0.2) is 0 Å². The lowest BCUT2D eigenvalue weighted by Gasteiger charge is -2.26. The molecule has 0 aliphatic rings. The third kappa shape index (κ3) is 3.81. The van der Waals surface area contributed by atoms with Crippen LogP contribution < -0.4 is 0 Å². The summed E-state index contributed by atoms with van der Waals surface area (Å²) in [6.45, 7) is 6.40. The summed E-state index contributed by atoms with van der Waals surface area (Å²) < 4.78 is 11.8. The Hall–Kier alpha value is -3.34. The number of hydrogen-bond acceptors (Lipinski definition) is 4. The first-order valence-electron chi connectivity index (χ1n) is 9.86. The Bertz CT molecular complexity index is 1090. The van der Waals surface area contributed by atoms with Crippen LogP contribution in [0.15, 0.2) is 69.5 Å². The lowest BCUT2D eigenvalue weighted by molar-refractivity contribution is -0.132. The number of amides is 1. The number of aromatic nitrogens is 1. The van der Waals surface area contributed by atoms with Crippen LogP contribution in [0, 0.1) is 6.92 Å². The molecule has 0 aliphatic heterocycles. The van der Waals surface area contributed by atoms with Crippen LogP contribution in [-0.4, -0.2) is 22.3 Å². The number of para-hydroxylation sites is 1. The van der Waals surface area contributed by atoms with Gasteiger partial charge in [-0.2, -0.15) is 0 Å². The van der Waals surface area contributed by atoms with E-state index >= 15 is 0 Å². The normalized spacial score (nSPS) is 12.2. The SMILES string of the molecule is CCN(C(=O)Cc1nc(-c2ccccc2)oc1C)C(C)c1cc2ccccc2o1. The molecule has 0 saturated carbocycles. The molecule has 4 rings (SSSR count). The van der Waals surface area contributed by atoms with Crippen LogP contribution >= 0.6 is 0 Å². The summed E-state index contributed by atoms with van der Waals surface area (Å²) in [5.74, 6) is 1.99. The fourth-order valence-corrected chi connectivity index (χ4v) is 3.57. The standard InChI is InChI=1S/C24H24N2O3/c1-4-26(16(2)22-14-19-12-8-9-13-21(19)29-22)23(27)15-20-17(3)28-24(25-20)18-10-6-5-7-11-18/h5-14,16H,4,15H2,1-3H3. The van der Waals surface area contributed by atoms with Crippen LogP contribution in [0.4, 0.5) is 0 Å². The summed E-state index contributed by atoms with van der Waals surface area (Å²) in [5, 5.41) is 1.04. The number of oxazole rings is 1. The largest absolute Gasteiger partial charge is 0.459 e. The van der Waals surface area contributed by atoms with E-state index in [0.717, 1.165) is 22.3 Å². The third-order valence-corrected chi connectivity index (χ3v) is 5.22. The Balaban J connectivity index is 1.54. The number of nitrogens with zero attached hydrogens (tertiary/aromatic N) is 2. The zero-order valence-electron chi connectivity index (χ0n) is 16.9. The average Bonchev–Trinajstić information content (AvgIpc) is 3.33. The van der Waals surface area contributed by atoms with Gasteiger partial charge in [0.1, 0.15) is 17.1 Å². The van der Waals surface area contributed by atoms with Gasteiger partial charge in [0, 0.05) is 17.5 Å². The Morgan fingerprint density at radius 1 is 1.07 bits per heavy atom. The molecule has 0 spiro atoms. The van der Waals surface area contributed by atoms with Crippen molar-refractivity contribution in [3.8, 4) is 11.5 Å². The molecule has 0 aliphatic carbocycles. The molecule has 5 heteroatoms. The van der Waals surface area contributed by atoms with Crippen LogP contribution in [0.25, 0.3) is 22.4 Å². The molecule has 1 amide bonds. The van der Waals surface area contributed by atoms with Gasteiger partial charge in [-0.3, -0.25) is 4.79 Å². The molecule has 1 atom stereocenters. The fraction of sp³-hybridized carbons (Fsp3) is 0.250. The topological polar surface area (TPSA) is 59.5 Å². The number of fused-ring (bicyclic) bond motifs is 1. The highest BCUT2D eigenvalue weighted by atomic mass is 16.4. The zero-order chi connectivity index (χ0) is 20.4. The van der Waals surface area contributed by atoms with Crippen LogP contribution in [0.3, 0.4) is 0 Å². The summed E-state index contributed by atoms with van der Waals surface area (Å²) in [6, 6.07) is 19.4. The molecule has 2 aromatic carbocycles. The molecule has 0 saturated heterocycles. The fourth-order valence-electron chi connectivity index (χ4n) is 3.57. The van der Waals surface area contributed by atoms with Crippen molar-refractivity contribution in [1.29, 1.82) is 0 Å². The Kier molecular flexibility index (Phi) is 5.21. The smallest absolute Gasteiger partial charge is 0.229 e. The molecule has 2 aromatic heterocycles. The molecule has 2 heterocycles. The average molecular weight is 388 g/mol. The quantitative estimate of drug-likeness (QED) is 0.435. The Labute approximate surface area is 170 Å². The van der Waals surface area contributed by atoms with Crippen LogP contribution in [0.1, 0.15) is 37.1 Å². The predicted octanol–water partition coefficient (Wildman–Crippen LogP) is 5.55. The van der Waals surface area contributed by atoms with Crippen molar-refractivity contribution in [3.05, 3.63) is 77.9 Å². The number of carbonyl (C=O) groups is 1. The molecule has 0 N–H and O–H groups in total. The van der Waals surface area contributed by atoms with Crippen molar-refractivity contribution in [3.63, 3.8) is 0 Å². The lowest BCUT2D eigenvalue weighted by Crippen LogP contribution is -2.34. The van der Waals surface area contributed by atoms with Crippen molar-refractivity contribution in [1.82, 2.24) is 9.88 Å². The van der Waals surface area contributed by atoms with Crippen molar-refractivity contribution in [2.24, 2.45) is 0 Å². The Morgan fingerprint density at radius 2 is 1.79 bits per heavy atom. The molecule has 4 aromatic rings. The van der Waals surface area contributed by atoms with Gasteiger partial charge < -0.3 is 13.7 Å². The van der Waals surface area contributed by atoms with Crippen molar-refractivity contribution >= 4 is 16.9 Å². The highest BCUT2D eigenvalue weighted by Crippen LogP contribution is 2.28. The summed E-state index contributed by atoms with van der Waals surface area (Å²) in [4.78, 5) is 19.5. The minimum atomic E-state index is -0.166. The van der Waals surface area contributed by atoms with E-state index in [1.807, 2.05) is 86.3 Å². The van der Waals surface area contributed by atoms with Gasteiger partial charge in [-0.15, -0.1) is 0 Å². The first kappa shape index (κ1) is 19.0. The van der Waals surface area contributed by atoms with Gasteiger partial charge in [0.2, 0.25) is 11.8 Å². The first-order chi connectivity index (χ1) is 14.1. The number of hydrogen-bond donors (Lipinski definition) is 0. The summed E-state index contributed by atoms with van der Waals surface area (Å²) in [7, 11) is 0.